The highest BCUT2D eigenvalue weighted by Crippen LogP contribution is 2.25. The highest BCUT2D eigenvalue weighted by molar-refractivity contribution is 6.30. The van der Waals surface area contributed by atoms with Crippen LogP contribution in [0.2, 0.25) is 5.02 Å². The number of hydrogen-bond acceptors (Lipinski definition) is 3. The number of carbonyl (C=O) groups is 1. The van der Waals surface area contributed by atoms with Gasteiger partial charge in [0, 0.05) is 41.6 Å². The van der Waals surface area contributed by atoms with Crippen LogP contribution >= 0.6 is 11.6 Å². The fourth-order valence-electron chi connectivity index (χ4n) is 2.74. The standard InChI is InChI=1S/C22H21ClFN3O2/c1-16(13-27-11-10-25-15-27)26-22(28)9-4-18-12-19(23)5-8-21(18)29-14-17-2-6-20(24)7-3-17/h2-12,15-16H,13-14H2,1H3,(H,26,28)/b9-4+. The van der Waals surface area contributed by atoms with Gasteiger partial charge < -0.3 is 14.6 Å². The molecule has 2 aromatic carbocycles. The summed E-state index contributed by atoms with van der Waals surface area (Å²) < 4.78 is 20.7. The van der Waals surface area contributed by atoms with Gasteiger partial charge in [-0.05, 0) is 48.9 Å². The van der Waals surface area contributed by atoms with Crippen LogP contribution in [0.1, 0.15) is 18.1 Å². The summed E-state index contributed by atoms with van der Waals surface area (Å²) in [6.07, 6.45) is 8.34. The summed E-state index contributed by atoms with van der Waals surface area (Å²) in [5, 5.41) is 3.44. The zero-order chi connectivity index (χ0) is 20.6. The number of ether oxygens (including phenoxy) is 1. The number of halogens is 2. The zero-order valence-electron chi connectivity index (χ0n) is 15.9. The Labute approximate surface area is 173 Å². The van der Waals surface area contributed by atoms with Crippen LogP contribution in [0.15, 0.2) is 67.3 Å². The summed E-state index contributed by atoms with van der Waals surface area (Å²) in [5.74, 6) is 0.0634. The van der Waals surface area contributed by atoms with Gasteiger partial charge in [0.25, 0.3) is 0 Å². The number of benzene rings is 2. The summed E-state index contributed by atoms with van der Waals surface area (Å²) in [6.45, 7) is 2.82. The quantitative estimate of drug-likeness (QED) is 0.554. The molecule has 0 aliphatic carbocycles. The number of imidazole rings is 1. The maximum absolute atomic E-state index is 13.0. The van der Waals surface area contributed by atoms with E-state index in [1.165, 1.54) is 18.2 Å². The second-order valence-electron chi connectivity index (χ2n) is 6.60. The van der Waals surface area contributed by atoms with Crippen molar-refractivity contribution in [2.24, 2.45) is 0 Å². The van der Waals surface area contributed by atoms with Gasteiger partial charge in [0.2, 0.25) is 5.91 Å². The van der Waals surface area contributed by atoms with Gasteiger partial charge in [0.15, 0.2) is 0 Å². The molecule has 1 amide bonds. The van der Waals surface area contributed by atoms with Gasteiger partial charge in [-0.3, -0.25) is 4.79 Å². The summed E-state index contributed by atoms with van der Waals surface area (Å²) in [6, 6.07) is 11.2. The Hall–Kier alpha value is -3.12. The predicted molar refractivity (Wildman–Crippen MR) is 111 cm³/mol. The molecule has 3 rings (SSSR count). The average Bonchev–Trinajstić information content (AvgIpc) is 3.19. The van der Waals surface area contributed by atoms with Gasteiger partial charge in [0.05, 0.1) is 6.33 Å². The minimum Gasteiger partial charge on any atom is -0.488 e. The first-order valence-corrected chi connectivity index (χ1v) is 9.48. The van der Waals surface area contributed by atoms with Crippen molar-refractivity contribution < 1.29 is 13.9 Å². The number of aromatic nitrogens is 2. The van der Waals surface area contributed by atoms with Gasteiger partial charge >= 0.3 is 0 Å². The maximum Gasteiger partial charge on any atom is 0.244 e. The fourth-order valence-corrected chi connectivity index (χ4v) is 2.92. The van der Waals surface area contributed by atoms with E-state index in [-0.39, 0.29) is 24.4 Å². The lowest BCUT2D eigenvalue weighted by Gasteiger charge is -2.13. The van der Waals surface area contributed by atoms with Crippen molar-refractivity contribution >= 4 is 23.6 Å². The molecule has 1 aromatic heterocycles. The van der Waals surface area contributed by atoms with E-state index in [0.29, 0.717) is 22.9 Å². The number of amides is 1. The van der Waals surface area contributed by atoms with E-state index in [4.69, 9.17) is 16.3 Å². The van der Waals surface area contributed by atoms with Crippen molar-refractivity contribution in [2.45, 2.75) is 26.1 Å². The highest BCUT2D eigenvalue weighted by atomic mass is 35.5. The lowest BCUT2D eigenvalue weighted by molar-refractivity contribution is -0.117. The Bertz CT molecular complexity index is 972. The molecule has 0 aliphatic rings. The molecule has 0 aliphatic heterocycles. The smallest absolute Gasteiger partial charge is 0.244 e. The Morgan fingerprint density at radius 3 is 2.83 bits per heavy atom. The number of nitrogens with one attached hydrogen (secondary N) is 1. The van der Waals surface area contributed by atoms with E-state index in [2.05, 4.69) is 10.3 Å². The molecule has 1 heterocycles. The van der Waals surface area contributed by atoms with Gasteiger partial charge in [-0.15, -0.1) is 0 Å². The van der Waals surface area contributed by atoms with Crippen molar-refractivity contribution in [1.82, 2.24) is 14.9 Å². The summed E-state index contributed by atoms with van der Waals surface area (Å²) >= 11 is 6.09. The van der Waals surface area contributed by atoms with Crippen LogP contribution in [-0.4, -0.2) is 21.5 Å². The second kappa shape index (κ2) is 9.89. The molecule has 0 spiro atoms. The van der Waals surface area contributed by atoms with Gasteiger partial charge in [-0.25, -0.2) is 9.37 Å². The van der Waals surface area contributed by atoms with Crippen LogP contribution in [-0.2, 0) is 17.9 Å². The third-order valence-corrected chi connectivity index (χ3v) is 4.36. The Morgan fingerprint density at radius 2 is 2.10 bits per heavy atom. The molecule has 5 nitrogen and oxygen atoms in total. The maximum atomic E-state index is 13.0. The third kappa shape index (κ3) is 6.47. The molecule has 0 fully saturated rings. The number of nitrogens with zero attached hydrogens (tertiary/aromatic N) is 2. The lowest BCUT2D eigenvalue weighted by Crippen LogP contribution is -2.34. The first kappa shape index (κ1) is 20.6. The van der Waals surface area contributed by atoms with Crippen molar-refractivity contribution in [3.63, 3.8) is 0 Å². The molecule has 1 N–H and O–H groups in total. The van der Waals surface area contributed by atoms with Crippen LogP contribution < -0.4 is 10.1 Å². The SMILES string of the molecule is CC(Cn1ccnc1)NC(=O)/C=C/c1cc(Cl)ccc1OCc1ccc(F)cc1. The number of rotatable bonds is 8. The number of carbonyl (C=O) groups excluding carboxylic acids is 1. The van der Waals surface area contributed by atoms with Crippen LogP contribution in [0.3, 0.4) is 0 Å². The van der Waals surface area contributed by atoms with Crippen molar-refractivity contribution in [2.75, 3.05) is 0 Å². The van der Waals surface area contributed by atoms with E-state index >= 15 is 0 Å². The largest absolute Gasteiger partial charge is 0.488 e. The van der Waals surface area contributed by atoms with E-state index < -0.39 is 0 Å². The van der Waals surface area contributed by atoms with E-state index in [1.807, 2.05) is 17.7 Å². The third-order valence-electron chi connectivity index (χ3n) is 4.13. The molecule has 1 atom stereocenters. The fraction of sp³-hybridized carbons (Fsp3) is 0.182. The summed E-state index contributed by atoms with van der Waals surface area (Å²) in [5.41, 5.74) is 1.51. The Kier molecular flexibility index (Phi) is 7.03. The molecule has 3 aromatic rings. The van der Waals surface area contributed by atoms with Crippen molar-refractivity contribution in [3.05, 3.63) is 89.2 Å². The van der Waals surface area contributed by atoms with E-state index in [0.717, 1.165) is 5.56 Å². The normalized spacial score (nSPS) is 12.1. The molecular formula is C22H21ClFN3O2. The summed E-state index contributed by atoms with van der Waals surface area (Å²) in [4.78, 5) is 16.2. The minimum absolute atomic E-state index is 0.0603. The van der Waals surface area contributed by atoms with Crippen molar-refractivity contribution in [3.8, 4) is 5.75 Å². The molecule has 0 saturated heterocycles. The second-order valence-corrected chi connectivity index (χ2v) is 7.04. The van der Waals surface area contributed by atoms with Crippen LogP contribution in [0.5, 0.6) is 5.75 Å². The minimum atomic E-state index is -0.294. The molecule has 150 valence electrons. The van der Waals surface area contributed by atoms with E-state index in [9.17, 15) is 9.18 Å². The first-order chi connectivity index (χ1) is 14.0. The lowest BCUT2D eigenvalue weighted by atomic mass is 10.1. The van der Waals surface area contributed by atoms with E-state index in [1.54, 1.807) is 48.9 Å². The van der Waals surface area contributed by atoms with Gasteiger partial charge in [-0.1, -0.05) is 23.7 Å². The van der Waals surface area contributed by atoms with Gasteiger partial charge in [0.1, 0.15) is 18.2 Å². The monoisotopic (exact) mass is 413 g/mol. The molecule has 0 radical (unpaired) electrons. The zero-order valence-corrected chi connectivity index (χ0v) is 16.6. The Morgan fingerprint density at radius 1 is 1.31 bits per heavy atom. The number of hydrogen-bond donors (Lipinski definition) is 1. The predicted octanol–water partition coefficient (Wildman–Crippen LogP) is 4.47. The molecule has 7 heteroatoms. The first-order valence-electron chi connectivity index (χ1n) is 9.11. The molecular weight excluding hydrogens is 393 g/mol. The Balaban J connectivity index is 1.61. The van der Waals surface area contributed by atoms with Crippen LogP contribution in [0, 0.1) is 5.82 Å². The highest BCUT2D eigenvalue weighted by Gasteiger charge is 2.07. The van der Waals surface area contributed by atoms with Crippen LogP contribution in [0.4, 0.5) is 4.39 Å². The molecule has 1 unspecified atom stereocenters. The summed E-state index contributed by atoms with van der Waals surface area (Å²) in [7, 11) is 0. The average molecular weight is 414 g/mol. The van der Waals surface area contributed by atoms with Gasteiger partial charge in [-0.2, -0.15) is 0 Å². The van der Waals surface area contributed by atoms with Crippen LogP contribution in [0.25, 0.3) is 6.08 Å². The molecule has 0 saturated carbocycles. The van der Waals surface area contributed by atoms with Crippen molar-refractivity contribution in [1.29, 1.82) is 0 Å². The molecule has 29 heavy (non-hydrogen) atoms. The topological polar surface area (TPSA) is 56.2 Å². The molecule has 0 bridgehead atoms.